The van der Waals surface area contributed by atoms with E-state index in [0.717, 1.165) is 19.1 Å². The third-order valence-electron chi connectivity index (χ3n) is 2.16. The first kappa shape index (κ1) is 12.4. The van der Waals surface area contributed by atoms with Crippen LogP contribution in [-0.4, -0.2) is 16.3 Å². The minimum Gasteiger partial charge on any atom is -0.298 e. The van der Waals surface area contributed by atoms with Crippen LogP contribution in [0.2, 0.25) is 0 Å². The molecule has 0 bridgehead atoms. The molecule has 0 atom stereocenters. The molecule has 0 aliphatic carbocycles. The van der Waals surface area contributed by atoms with Crippen molar-refractivity contribution in [1.29, 1.82) is 0 Å². The molecule has 0 saturated heterocycles. The first-order valence-electron chi connectivity index (χ1n) is 5.63. The van der Waals surface area contributed by atoms with Crippen LogP contribution >= 0.6 is 0 Å². The van der Waals surface area contributed by atoms with Crippen LogP contribution in [0.1, 0.15) is 55.2 Å². The topological polar surface area (TPSA) is 42.9 Å². The maximum atomic E-state index is 10.4. The lowest BCUT2D eigenvalue weighted by molar-refractivity contribution is 0.112. The third-order valence-corrected chi connectivity index (χ3v) is 2.16. The zero-order valence-electron chi connectivity index (χ0n) is 9.57. The van der Waals surface area contributed by atoms with Gasteiger partial charge in [-0.25, -0.2) is 9.97 Å². The molecule has 0 aliphatic rings. The number of hydrogen-bond donors (Lipinski definition) is 0. The van der Waals surface area contributed by atoms with E-state index in [1.54, 1.807) is 0 Å². The number of hydrogen-bond acceptors (Lipinski definition) is 3. The van der Waals surface area contributed by atoms with E-state index in [2.05, 4.69) is 28.7 Å². The van der Waals surface area contributed by atoms with Gasteiger partial charge < -0.3 is 0 Å². The van der Waals surface area contributed by atoms with Crippen molar-refractivity contribution in [2.24, 2.45) is 0 Å². The lowest BCUT2D eigenvalue weighted by Crippen LogP contribution is -1.90. The van der Waals surface area contributed by atoms with E-state index in [0.29, 0.717) is 11.4 Å². The minimum absolute atomic E-state index is 0.480. The van der Waals surface area contributed by atoms with E-state index >= 15 is 0 Å². The molecular weight excluding hydrogens is 200 g/mol. The molecule has 1 rings (SSSR count). The summed E-state index contributed by atoms with van der Waals surface area (Å²) in [5.74, 6) is 6.41. The zero-order chi connectivity index (χ0) is 11.6. The average Bonchev–Trinajstić information content (AvgIpc) is 2.34. The van der Waals surface area contributed by atoms with Gasteiger partial charge in [0.25, 0.3) is 0 Å². The van der Waals surface area contributed by atoms with Crippen LogP contribution in [0.5, 0.6) is 0 Å². The maximum Gasteiger partial charge on any atom is 0.204 e. The summed E-state index contributed by atoms with van der Waals surface area (Å²) in [6.07, 6.45) is 9.46. The van der Waals surface area contributed by atoms with Gasteiger partial charge in [-0.05, 0) is 12.3 Å². The van der Waals surface area contributed by atoms with E-state index < -0.39 is 0 Å². The Hall–Kier alpha value is -1.69. The highest BCUT2D eigenvalue weighted by Crippen LogP contribution is 2.01. The molecule has 0 unspecified atom stereocenters. The van der Waals surface area contributed by atoms with Crippen molar-refractivity contribution in [3.05, 3.63) is 23.8 Å². The Morgan fingerprint density at radius 3 is 2.62 bits per heavy atom. The number of unbranched alkanes of at least 4 members (excludes halogenated alkanes) is 4. The molecule has 0 saturated carbocycles. The monoisotopic (exact) mass is 216 g/mol. The van der Waals surface area contributed by atoms with Gasteiger partial charge in [-0.15, -0.1) is 0 Å². The smallest absolute Gasteiger partial charge is 0.204 e. The second kappa shape index (κ2) is 7.58. The van der Waals surface area contributed by atoms with Crippen molar-refractivity contribution in [3.8, 4) is 11.8 Å². The Bertz CT molecular complexity index is 373. The molecule has 1 aromatic rings. The van der Waals surface area contributed by atoms with Gasteiger partial charge in [-0.1, -0.05) is 32.1 Å². The Morgan fingerprint density at radius 1 is 1.25 bits per heavy atom. The van der Waals surface area contributed by atoms with Gasteiger partial charge in [0, 0.05) is 18.8 Å². The van der Waals surface area contributed by atoms with Gasteiger partial charge in [-0.3, -0.25) is 4.79 Å². The van der Waals surface area contributed by atoms with Gasteiger partial charge in [0.15, 0.2) is 6.29 Å². The van der Waals surface area contributed by atoms with Gasteiger partial charge >= 0.3 is 0 Å². The molecule has 3 heteroatoms. The number of aldehydes is 1. The van der Waals surface area contributed by atoms with E-state index in [4.69, 9.17) is 0 Å². The van der Waals surface area contributed by atoms with Gasteiger partial charge in [0.05, 0.1) is 5.56 Å². The molecule has 0 spiro atoms. The first-order valence-corrected chi connectivity index (χ1v) is 5.63. The normalized spacial score (nSPS) is 9.31. The van der Waals surface area contributed by atoms with Crippen molar-refractivity contribution < 1.29 is 4.79 Å². The molecule has 1 aromatic heterocycles. The predicted octanol–water partition coefficient (Wildman–Crippen LogP) is 2.61. The van der Waals surface area contributed by atoms with E-state index in [9.17, 15) is 4.79 Å². The minimum atomic E-state index is 0.480. The highest BCUT2D eigenvalue weighted by Gasteiger charge is 1.91. The first-order chi connectivity index (χ1) is 7.86. The van der Waals surface area contributed by atoms with Crippen molar-refractivity contribution in [3.63, 3.8) is 0 Å². The standard InChI is InChI=1S/C13H16N2O/c1-2-3-4-5-6-7-8-13-14-9-12(11-16)10-15-13/h9-11H,2-6H2,1H3. The fraction of sp³-hybridized carbons (Fsp3) is 0.462. The molecule has 0 aliphatic heterocycles. The molecule has 0 aromatic carbocycles. The second-order valence-electron chi connectivity index (χ2n) is 3.57. The average molecular weight is 216 g/mol. The Balaban J connectivity index is 2.35. The molecule has 1 heterocycles. The van der Waals surface area contributed by atoms with Gasteiger partial charge in [0.2, 0.25) is 5.82 Å². The fourth-order valence-electron chi connectivity index (χ4n) is 1.25. The third kappa shape index (κ3) is 4.70. The number of aromatic nitrogens is 2. The summed E-state index contributed by atoms with van der Waals surface area (Å²) in [7, 11) is 0. The molecule has 84 valence electrons. The summed E-state index contributed by atoms with van der Waals surface area (Å²) in [5.41, 5.74) is 0.480. The quantitative estimate of drug-likeness (QED) is 0.431. The number of nitrogens with zero attached hydrogens (tertiary/aromatic N) is 2. The molecule has 0 amide bonds. The number of carbonyl (C=O) groups excluding carboxylic acids is 1. The lowest BCUT2D eigenvalue weighted by Gasteiger charge is -1.92. The van der Waals surface area contributed by atoms with E-state index in [1.165, 1.54) is 31.7 Å². The second-order valence-corrected chi connectivity index (χ2v) is 3.57. The Morgan fingerprint density at radius 2 is 2.00 bits per heavy atom. The molecule has 16 heavy (non-hydrogen) atoms. The highest BCUT2D eigenvalue weighted by molar-refractivity contribution is 5.73. The van der Waals surface area contributed by atoms with Crippen molar-refractivity contribution in [1.82, 2.24) is 9.97 Å². The summed E-state index contributed by atoms with van der Waals surface area (Å²) in [5, 5.41) is 0. The lowest BCUT2D eigenvalue weighted by atomic mass is 10.2. The highest BCUT2D eigenvalue weighted by atomic mass is 16.1. The van der Waals surface area contributed by atoms with E-state index in [1.807, 2.05) is 0 Å². The largest absolute Gasteiger partial charge is 0.298 e. The van der Waals surface area contributed by atoms with Crippen molar-refractivity contribution >= 4 is 6.29 Å². The van der Waals surface area contributed by atoms with Crippen LogP contribution in [0.3, 0.4) is 0 Å². The van der Waals surface area contributed by atoms with Crippen LogP contribution in [0.4, 0.5) is 0 Å². The number of carbonyl (C=O) groups is 1. The van der Waals surface area contributed by atoms with Crippen molar-refractivity contribution in [2.45, 2.75) is 39.0 Å². The van der Waals surface area contributed by atoms with Crippen LogP contribution in [0, 0.1) is 11.8 Å². The maximum absolute atomic E-state index is 10.4. The summed E-state index contributed by atoms with van der Waals surface area (Å²) in [4.78, 5) is 18.3. The zero-order valence-corrected chi connectivity index (χ0v) is 9.57. The van der Waals surface area contributed by atoms with E-state index in [-0.39, 0.29) is 0 Å². The van der Waals surface area contributed by atoms with Gasteiger partial charge in [0.1, 0.15) is 0 Å². The Kier molecular flexibility index (Phi) is 5.87. The summed E-state index contributed by atoms with van der Waals surface area (Å²) in [6, 6.07) is 0. The van der Waals surface area contributed by atoms with Crippen LogP contribution in [0.15, 0.2) is 12.4 Å². The molecule has 3 nitrogen and oxygen atoms in total. The van der Waals surface area contributed by atoms with Crippen LogP contribution < -0.4 is 0 Å². The summed E-state index contributed by atoms with van der Waals surface area (Å²) >= 11 is 0. The number of rotatable bonds is 5. The van der Waals surface area contributed by atoms with Crippen LogP contribution in [0.25, 0.3) is 0 Å². The molecular formula is C13H16N2O. The Labute approximate surface area is 96.3 Å². The molecule has 0 N–H and O–H groups in total. The molecule has 0 radical (unpaired) electrons. The molecule has 0 fully saturated rings. The van der Waals surface area contributed by atoms with Crippen LogP contribution in [-0.2, 0) is 0 Å². The SMILES string of the molecule is CCCCCCC#Cc1ncc(C=O)cn1. The fourth-order valence-corrected chi connectivity index (χ4v) is 1.25. The van der Waals surface area contributed by atoms with Crippen molar-refractivity contribution in [2.75, 3.05) is 0 Å². The summed E-state index contributed by atoms with van der Waals surface area (Å²) in [6.45, 7) is 2.19. The predicted molar refractivity (Wildman–Crippen MR) is 63.1 cm³/mol. The van der Waals surface area contributed by atoms with Gasteiger partial charge in [-0.2, -0.15) is 0 Å². The summed E-state index contributed by atoms with van der Waals surface area (Å²) < 4.78 is 0.